The van der Waals surface area contributed by atoms with Crippen LogP contribution in [0.1, 0.15) is 30.4 Å². The number of hydrogen-bond acceptors (Lipinski definition) is 4. The van der Waals surface area contributed by atoms with E-state index in [2.05, 4.69) is 17.9 Å². The summed E-state index contributed by atoms with van der Waals surface area (Å²) in [5.41, 5.74) is 2.31. The fourth-order valence-corrected chi connectivity index (χ4v) is 3.30. The number of hydrogen-bond donors (Lipinski definition) is 1. The standard InChI is InChI=1S/C20H32N2O3/c1-15-5-6-19(16(2)11-15)25-14-18(23)13-22-9-7-17(8-10-22)12-20(24)21(3)4/h5-6,11,17-18,23H,7-10,12-14H2,1-4H3. The van der Waals surface area contributed by atoms with Gasteiger partial charge in [0.1, 0.15) is 18.5 Å². The summed E-state index contributed by atoms with van der Waals surface area (Å²) >= 11 is 0. The zero-order valence-corrected chi connectivity index (χ0v) is 16.0. The number of nitrogens with zero attached hydrogens (tertiary/aromatic N) is 2. The van der Waals surface area contributed by atoms with Gasteiger partial charge in [-0.1, -0.05) is 17.7 Å². The van der Waals surface area contributed by atoms with Crippen LogP contribution >= 0.6 is 0 Å². The molecule has 0 bridgehead atoms. The molecule has 1 amide bonds. The van der Waals surface area contributed by atoms with Crippen LogP contribution in [-0.2, 0) is 4.79 Å². The first-order chi connectivity index (χ1) is 11.8. The van der Waals surface area contributed by atoms with Gasteiger partial charge in [-0.2, -0.15) is 0 Å². The van der Waals surface area contributed by atoms with Gasteiger partial charge in [0.25, 0.3) is 0 Å². The maximum Gasteiger partial charge on any atom is 0.222 e. The van der Waals surface area contributed by atoms with Crippen molar-refractivity contribution in [1.29, 1.82) is 0 Å². The quantitative estimate of drug-likeness (QED) is 0.821. The maximum absolute atomic E-state index is 11.8. The summed E-state index contributed by atoms with van der Waals surface area (Å²) in [5.74, 6) is 1.51. The van der Waals surface area contributed by atoms with Crippen LogP contribution < -0.4 is 4.74 Å². The summed E-state index contributed by atoms with van der Waals surface area (Å²) in [5, 5.41) is 10.3. The first-order valence-electron chi connectivity index (χ1n) is 9.15. The Morgan fingerprint density at radius 3 is 2.60 bits per heavy atom. The highest BCUT2D eigenvalue weighted by molar-refractivity contribution is 5.75. The van der Waals surface area contributed by atoms with Crippen molar-refractivity contribution in [2.24, 2.45) is 5.92 Å². The number of piperidine rings is 1. The van der Waals surface area contributed by atoms with E-state index in [0.29, 0.717) is 25.5 Å². The molecule has 0 saturated carbocycles. The van der Waals surface area contributed by atoms with Crippen LogP contribution in [0.2, 0.25) is 0 Å². The third kappa shape index (κ3) is 6.33. The Kier molecular flexibility index (Phi) is 7.26. The lowest BCUT2D eigenvalue weighted by Gasteiger charge is -2.33. The number of ether oxygens (including phenoxy) is 1. The van der Waals surface area contributed by atoms with Crippen molar-refractivity contribution >= 4 is 5.91 Å². The van der Waals surface area contributed by atoms with E-state index in [9.17, 15) is 9.90 Å². The van der Waals surface area contributed by atoms with E-state index in [1.54, 1.807) is 4.90 Å². The number of amides is 1. The Labute approximate surface area is 151 Å². The van der Waals surface area contributed by atoms with Crippen LogP contribution in [0, 0.1) is 19.8 Å². The van der Waals surface area contributed by atoms with Gasteiger partial charge in [0.2, 0.25) is 5.91 Å². The predicted octanol–water partition coefficient (Wildman–Crippen LogP) is 2.23. The third-order valence-corrected chi connectivity index (χ3v) is 4.90. The molecule has 1 saturated heterocycles. The van der Waals surface area contributed by atoms with Crippen LogP contribution in [0.15, 0.2) is 18.2 Å². The fraction of sp³-hybridized carbons (Fsp3) is 0.650. The van der Waals surface area contributed by atoms with Crippen molar-refractivity contribution in [3.8, 4) is 5.75 Å². The SMILES string of the molecule is Cc1ccc(OCC(O)CN2CCC(CC(=O)N(C)C)CC2)c(C)c1. The van der Waals surface area contributed by atoms with E-state index >= 15 is 0 Å². The number of benzene rings is 1. The molecule has 0 aromatic heterocycles. The van der Waals surface area contributed by atoms with Crippen LogP contribution in [0.5, 0.6) is 5.75 Å². The van der Waals surface area contributed by atoms with E-state index in [1.165, 1.54) is 5.56 Å². The number of carbonyl (C=O) groups excluding carboxylic acids is 1. The minimum absolute atomic E-state index is 0.209. The van der Waals surface area contributed by atoms with Crippen LogP contribution in [0.25, 0.3) is 0 Å². The number of aliphatic hydroxyl groups is 1. The molecule has 0 spiro atoms. The zero-order chi connectivity index (χ0) is 18.4. The summed E-state index contributed by atoms with van der Waals surface area (Å²) in [6.07, 6.45) is 2.17. The van der Waals surface area contributed by atoms with Gasteiger partial charge in [-0.15, -0.1) is 0 Å². The molecule has 0 radical (unpaired) electrons. The second kappa shape index (κ2) is 9.20. The highest BCUT2D eigenvalue weighted by atomic mass is 16.5. The second-order valence-electron chi connectivity index (χ2n) is 7.47. The molecule has 1 N–H and O–H groups in total. The summed E-state index contributed by atoms with van der Waals surface area (Å²) in [6.45, 7) is 6.88. The molecule has 2 rings (SSSR count). The molecule has 1 aromatic rings. The first-order valence-corrected chi connectivity index (χ1v) is 9.15. The van der Waals surface area contributed by atoms with Gasteiger partial charge in [0.05, 0.1) is 0 Å². The van der Waals surface area contributed by atoms with E-state index in [4.69, 9.17) is 4.74 Å². The van der Waals surface area contributed by atoms with Crippen LogP contribution in [0.3, 0.4) is 0 Å². The van der Waals surface area contributed by atoms with Gasteiger partial charge in [-0.3, -0.25) is 4.79 Å². The predicted molar refractivity (Wildman–Crippen MR) is 99.9 cm³/mol. The minimum atomic E-state index is -0.499. The Bertz CT molecular complexity index is 566. The van der Waals surface area contributed by atoms with Crippen LogP contribution in [0.4, 0.5) is 0 Å². The number of likely N-dealkylation sites (tertiary alicyclic amines) is 1. The number of rotatable bonds is 7. The zero-order valence-electron chi connectivity index (χ0n) is 16.0. The Balaban J connectivity index is 1.69. The largest absolute Gasteiger partial charge is 0.491 e. The summed E-state index contributed by atoms with van der Waals surface area (Å²) in [6, 6.07) is 6.07. The Morgan fingerprint density at radius 2 is 2.00 bits per heavy atom. The van der Waals surface area contributed by atoms with Gasteiger partial charge < -0.3 is 19.6 Å². The molecule has 1 fully saturated rings. The van der Waals surface area contributed by atoms with Gasteiger partial charge in [-0.25, -0.2) is 0 Å². The average molecular weight is 348 g/mol. The molecular weight excluding hydrogens is 316 g/mol. The molecule has 5 nitrogen and oxygen atoms in total. The van der Waals surface area contributed by atoms with Crippen molar-refractivity contribution in [3.05, 3.63) is 29.3 Å². The molecule has 25 heavy (non-hydrogen) atoms. The molecule has 1 atom stereocenters. The van der Waals surface area contributed by atoms with E-state index in [1.807, 2.05) is 33.2 Å². The van der Waals surface area contributed by atoms with Crippen molar-refractivity contribution < 1.29 is 14.6 Å². The topological polar surface area (TPSA) is 53.0 Å². The lowest BCUT2D eigenvalue weighted by molar-refractivity contribution is -0.130. The molecule has 1 aromatic carbocycles. The summed E-state index contributed by atoms with van der Waals surface area (Å²) in [7, 11) is 3.62. The van der Waals surface area contributed by atoms with Gasteiger partial charge in [-0.05, 0) is 57.3 Å². The molecule has 1 heterocycles. The normalized spacial score (nSPS) is 17.3. The van der Waals surface area contributed by atoms with Gasteiger partial charge in [0.15, 0.2) is 0 Å². The number of β-amino-alcohol motifs (C(OH)–C–C–N with tert-alkyl or cyclic N) is 1. The lowest BCUT2D eigenvalue weighted by Crippen LogP contribution is -2.41. The number of aryl methyl sites for hydroxylation is 2. The molecule has 0 aliphatic carbocycles. The molecule has 5 heteroatoms. The molecule has 1 unspecified atom stereocenters. The Hall–Kier alpha value is -1.59. The monoisotopic (exact) mass is 348 g/mol. The fourth-order valence-electron chi connectivity index (χ4n) is 3.30. The molecule has 1 aliphatic rings. The van der Waals surface area contributed by atoms with E-state index in [0.717, 1.165) is 37.2 Å². The van der Waals surface area contributed by atoms with Crippen molar-refractivity contribution in [1.82, 2.24) is 9.80 Å². The summed E-state index contributed by atoms with van der Waals surface area (Å²) < 4.78 is 5.77. The second-order valence-corrected chi connectivity index (χ2v) is 7.47. The van der Waals surface area contributed by atoms with Crippen molar-refractivity contribution in [2.75, 3.05) is 40.3 Å². The molecule has 140 valence electrons. The van der Waals surface area contributed by atoms with Crippen molar-refractivity contribution in [3.63, 3.8) is 0 Å². The smallest absolute Gasteiger partial charge is 0.222 e. The van der Waals surface area contributed by atoms with Gasteiger partial charge >= 0.3 is 0 Å². The Morgan fingerprint density at radius 1 is 1.32 bits per heavy atom. The number of aliphatic hydroxyl groups excluding tert-OH is 1. The highest BCUT2D eigenvalue weighted by Crippen LogP contribution is 2.22. The lowest BCUT2D eigenvalue weighted by atomic mass is 9.93. The minimum Gasteiger partial charge on any atom is -0.491 e. The maximum atomic E-state index is 11.8. The number of carbonyl (C=O) groups is 1. The third-order valence-electron chi connectivity index (χ3n) is 4.90. The van der Waals surface area contributed by atoms with E-state index in [-0.39, 0.29) is 5.91 Å². The average Bonchev–Trinajstić information content (AvgIpc) is 2.55. The first kappa shape index (κ1) is 19.7. The van der Waals surface area contributed by atoms with Crippen LogP contribution in [-0.4, -0.2) is 67.3 Å². The van der Waals surface area contributed by atoms with E-state index < -0.39 is 6.10 Å². The molecular formula is C20H32N2O3. The highest BCUT2D eigenvalue weighted by Gasteiger charge is 2.23. The van der Waals surface area contributed by atoms with Crippen molar-refractivity contribution in [2.45, 2.75) is 39.2 Å². The molecule has 1 aliphatic heterocycles. The summed E-state index contributed by atoms with van der Waals surface area (Å²) in [4.78, 5) is 15.7. The van der Waals surface area contributed by atoms with Gasteiger partial charge in [0, 0.05) is 27.1 Å².